The summed E-state index contributed by atoms with van der Waals surface area (Å²) in [5.74, 6) is -0.643. The molecule has 0 heterocycles. The van der Waals surface area contributed by atoms with Gasteiger partial charge in [-0.05, 0) is 24.3 Å². The van der Waals surface area contributed by atoms with Gasteiger partial charge < -0.3 is 21.1 Å². The van der Waals surface area contributed by atoms with Crippen molar-refractivity contribution in [3.05, 3.63) is 30.1 Å². The maximum absolute atomic E-state index is 12.6. The summed E-state index contributed by atoms with van der Waals surface area (Å²) in [5, 5.41) is 5.32. The molecule has 0 fully saturated rings. The van der Waals surface area contributed by atoms with Crippen molar-refractivity contribution in [3.63, 3.8) is 0 Å². The SMILES string of the molecule is NC(=O)OCCNCC(=O)Nc1ccc(F)cc1. The maximum atomic E-state index is 12.6. The molecule has 0 bridgehead atoms. The van der Waals surface area contributed by atoms with Gasteiger partial charge in [-0.15, -0.1) is 0 Å². The van der Waals surface area contributed by atoms with E-state index in [1.807, 2.05) is 0 Å². The van der Waals surface area contributed by atoms with Crippen molar-refractivity contribution in [2.75, 3.05) is 25.0 Å². The van der Waals surface area contributed by atoms with Crippen molar-refractivity contribution < 1.29 is 18.7 Å². The summed E-state index contributed by atoms with van der Waals surface area (Å²) in [6, 6.07) is 5.43. The molecular weight excluding hydrogens is 241 g/mol. The third-order valence-corrected chi connectivity index (χ3v) is 1.94. The molecule has 0 aliphatic heterocycles. The molecule has 4 N–H and O–H groups in total. The van der Waals surface area contributed by atoms with Crippen LogP contribution in [0.1, 0.15) is 0 Å². The summed E-state index contributed by atoms with van der Waals surface area (Å²) in [5.41, 5.74) is 5.26. The minimum absolute atomic E-state index is 0.0551. The molecule has 0 saturated carbocycles. The number of hydrogen-bond donors (Lipinski definition) is 3. The average molecular weight is 255 g/mol. The molecule has 2 amide bonds. The van der Waals surface area contributed by atoms with Crippen LogP contribution in [0.2, 0.25) is 0 Å². The van der Waals surface area contributed by atoms with Crippen LogP contribution in [0, 0.1) is 5.82 Å². The van der Waals surface area contributed by atoms with E-state index < -0.39 is 6.09 Å². The number of amides is 2. The van der Waals surface area contributed by atoms with E-state index in [1.165, 1.54) is 24.3 Å². The fourth-order valence-corrected chi connectivity index (χ4v) is 1.16. The van der Waals surface area contributed by atoms with Crippen LogP contribution in [0.3, 0.4) is 0 Å². The molecule has 6 nitrogen and oxygen atoms in total. The Labute approximate surface area is 103 Å². The Morgan fingerprint density at radius 1 is 1.28 bits per heavy atom. The average Bonchev–Trinajstić information content (AvgIpc) is 2.31. The molecule has 7 heteroatoms. The van der Waals surface area contributed by atoms with Crippen molar-refractivity contribution >= 4 is 17.7 Å². The fourth-order valence-electron chi connectivity index (χ4n) is 1.16. The largest absolute Gasteiger partial charge is 0.448 e. The standard InChI is InChI=1S/C11H14FN3O3/c12-8-1-3-9(4-2-8)15-10(16)7-14-5-6-18-11(13)17/h1-4,14H,5-7H2,(H2,13,17)(H,15,16). The number of halogens is 1. The molecule has 0 spiro atoms. The summed E-state index contributed by atoms with van der Waals surface area (Å²) in [6.07, 6.45) is -0.854. The molecule has 1 aromatic rings. The molecule has 0 unspecified atom stereocenters. The van der Waals surface area contributed by atoms with E-state index in [2.05, 4.69) is 15.4 Å². The third kappa shape index (κ3) is 5.80. The van der Waals surface area contributed by atoms with Crippen LogP contribution in [-0.2, 0) is 9.53 Å². The molecule has 98 valence electrons. The molecule has 0 aliphatic carbocycles. The summed E-state index contributed by atoms with van der Waals surface area (Å²) < 4.78 is 17.1. The highest BCUT2D eigenvalue weighted by Crippen LogP contribution is 2.07. The predicted octanol–water partition coefficient (Wildman–Crippen LogP) is 0.449. The molecule has 0 aliphatic rings. The first kappa shape index (κ1) is 13.9. The number of primary amides is 1. The van der Waals surface area contributed by atoms with Crippen molar-refractivity contribution in [2.45, 2.75) is 0 Å². The van der Waals surface area contributed by atoms with Crippen molar-refractivity contribution in [2.24, 2.45) is 5.73 Å². The van der Waals surface area contributed by atoms with Gasteiger partial charge in [-0.2, -0.15) is 0 Å². The number of rotatable bonds is 6. The van der Waals surface area contributed by atoms with E-state index in [4.69, 9.17) is 5.73 Å². The van der Waals surface area contributed by atoms with Crippen LogP contribution < -0.4 is 16.4 Å². The lowest BCUT2D eigenvalue weighted by atomic mass is 10.3. The summed E-state index contributed by atoms with van der Waals surface area (Å²) >= 11 is 0. The molecule has 1 aromatic carbocycles. The van der Waals surface area contributed by atoms with Crippen LogP contribution in [0.25, 0.3) is 0 Å². The summed E-state index contributed by atoms with van der Waals surface area (Å²) in [7, 11) is 0. The van der Waals surface area contributed by atoms with Crippen LogP contribution >= 0.6 is 0 Å². The maximum Gasteiger partial charge on any atom is 0.404 e. The second-order valence-electron chi connectivity index (χ2n) is 3.40. The van der Waals surface area contributed by atoms with E-state index in [0.29, 0.717) is 12.2 Å². The van der Waals surface area contributed by atoms with E-state index in [-0.39, 0.29) is 24.9 Å². The number of nitrogens with two attached hydrogens (primary N) is 1. The molecule has 1 rings (SSSR count). The van der Waals surface area contributed by atoms with E-state index in [9.17, 15) is 14.0 Å². The summed E-state index contributed by atoms with van der Waals surface area (Å²) in [6.45, 7) is 0.471. The molecule has 0 radical (unpaired) electrons. The van der Waals surface area contributed by atoms with Gasteiger partial charge >= 0.3 is 6.09 Å². The number of anilines is 1. The fraction of sp³-hybridized carbons (Fsp3) is 0.273. The normalized spacial score (nSPS) is 9.83. The number of hydrogen-bond acceptors (Lipinski definition) is 4. The Morgan fingerprint density at radius 2 is 1.94 bits per heavy atom. The van der Waals surface area contributed by atoms with Crippen LogP contribution in [0.15, 0.2) is 24.3 Å². The first-order valence-corrected chi connectivity index (χ1v) is 5.26. The smallest absolute Gasteiger partial charge is 0.404 e. The molecular formula is C11H14FN3O3. The lowest BCUT2D eigenvalue weighted by molar-refractivity contribution is -0.115. The van der Waals surface area contributed by atoms with Gasteiger partial charge in [0.05, 0.1) is 6.54 Å². The van der Waals surface area contributed by atoms with Crippen molar-refractivity contribution in [1.29, 1.82) is 0 Å². The number of nitrogens with one attached hydrogen (secondary N) is 2. The zero-order valence-electron chi connectivity index (χ0n) is 9.61. The van der Waals surface area contributed by atoms with Gasteiger partial charge in [0.1, 0.15) is 12.4 Å². The van der Waals surface area contributed by atoms with Crippen molar-refractivity contribution in [3.8, 4) is 0 Å². The molecule has 0 atom stereocenters. The van der Waals surface area contributed by atoms with Gasteiger partial charge in [0.2, 0.25) is 5.91 Å². The van der Waals surface area contributed by atoms with E-state index >= 15 is 0 Å². The lowest BCUT2D eigenvalue weighted by Gasteiger charge is -2.06. The topological polar surface area (TPSA) is 93.5 Å². The van der Waals surface area contributed by atoms with Crippen molar-refractivity contribution in [1.82, 2.24) is 5.32 Å². The highest BCUT2D eigenvalue weighted by atomic mass is 19.1. The third-order valence-electron chi connectivity index (χ3n) is 1.94. The first-order chi connectivity index (χ1) is 8.58. The quantitative estimate of drug-likeness (QED) is 0.643. The second-order valence-corrected chi connectivity index (χ2v) is 3.40. The Bertz CT molecular complexity index is 408. The van der Waals surface area contributed by atoms with Crippen LogP contribution in [-0.4, -0.2) is 31.7 Å². The van der Waals surface area contributed by atoms with Crippen LogP contribution in [0.4, 0.5) is 14.9 Å². The van der Waals surface area contributed by atoms with Gasteiger partial charge in [0, 0.05) is 12.2 Å². The number of ether oxygens (including phenoxy) is 1. The highest BCUT2D eigenvalue weighted by molar-refractivity contribution is 5.92. The Morgan fingerprint density at radius 3 is 2.56 bits per heavy atom. The first-order valence-electron chi connectivity index (χ1n) is 5.26. The zero-order valence-corrected chi connectivity index (χ0v) is 9.61. The Balaban J connectivity index is 2.17. The second kappa shape index (κ2) is 7.23. The van der Waals surface area contributed by atoms with Gasteiger partial charge in [0.25, 0.3) is 0 Å². The predicted molar refractivity (Wildman–Crippen MR) is 63.4 cm³/mol. The molecule has 18 heavy (non-hydrogen) atoms. The lowest BCUT2D eigenvalue weighted by Crippen LogP contribution is -2.31. The minimum Gasteiger partial charge on any atom is -0.448 e. The van der Waals surface area contributed by atoms with Crippen LogP contribution in [0.5, 0.6) is 0 Å². The van der Waals surface area contributed by atoms with Gasteiger partial charge in [0.15, 0.2) is 0 Å². The molecule has 0 aromatic heterocycles. The monoisotopic (exact) mass is 255 g/mol. The van der Waals surface area contributed by atoms with Gasteiger partial charge in [-0.25, -0.2) is 9.18 Å². The number of benzene rings is 1. The van der Waals surface area contributed by atoms with E-state index in [0.717, 1.165) is 0 Å². The molecule has 0 saturated heterocycles. The Hall–Kier alpha value is -2.15. The van der Waals surface area contributed by atoms with E-state index in [1.54, 1.807) is 0 Å². The minimum atomic E-state index is -0.854. The van der Waals surface area contributed by atoms with Gasteiger partial charge in [-0.1, -0.05) is 0 Å². The number of carbonyl (C=O) groups excluding carboxylic acids is 2. The number of carbonyl (C=O) groups is 2. The highest BCUT2D eigenvalue weighted by Gasteiger charge is 2.02. The summed E-state index contributed by atoms with van der Waals surface area (Å²) in [4.78, 5) is 21.6. The van der Waals surface area contributed by atoms with Gasteiger partial charge in [-0.3, -0.25) is 4.79 Å². The zero-order chi connectivity index (χ0) is 13.4. The Kier molecular flexibility index (Phi) is 5.59.